The molecule has 7 heteroatoms. The van der Waals surface area contributed by atoms with Gasteiger partial charge in [0.25, 0.3) is 5.91 Å². The highest BCUT2D eigenvalue weighted by Gasteiger charge is 2.27. The van der Waals surface area contributed by atoms with Crippen molar-refractivity contribution in [2.24, 2.45) is 0 Å². The number of amides is 2. The molecule has 0 aliphatic heterocycles. The molecule has 2 amide bonds. The lowest BCUT2D eigenvalue weighted by Crippen LogP contribution is -2.46. The van der Waals surface area contributed by atoms with Gasteiger partial charge in [-0.05, 0) is 38.3 Å². The Bertz CT molecular complexity index is 892. The van der Waals surface area contributed by atoms with Crippen molar-refractivity contribution in [1.82, 2.24) is 15.6 Å². The molecule has 28 heavy (non-hydrogen) atoms. The third-order valence-corrected chi connectivity index (χ3v) is 4.61. The van der Waals surface area contributed by atoms with Crippen molar-refractivity contribution >= 4 is 28.7 Å². The second-order valence-electron chi connectivity index (χ2n) is 7.04. The number of nitrogens with zero attached hydrogens (tertiary/aromatic N) is 1. The summed E-state index contributed by atoms with van der Waals surface area (Å²) in [6.07, 6.45) is 2.95. The maximum Gasteiger partial charge on any atom is 0.339 e. The highest BCUT2D eigenvalue weighted by atomic mass is 16.5. The van der Waals surface area contributed by atoms with Crippen molar-refractivity contribution in [3.05, 3.63) is 41.6 Å². The topological polar surface area (TPSA) is 97.4 Å². The Labute approximate surface area is 163 Å². The molecule has 2 aromatic rings. The molecule has 7 nitrogen and oxygen atoms in total. The standard InChI is InChI=1S/C21H25N3O4/c1-3-10-22-20(26)13(2)23-19(25)12-28-21(27)16-11-18(14-8-9-14)24-17-7-5-4-6-15(16)17/h4-7,11,13-14H,3,8-10,12H2,1-2H3,(H,22,26)(H,23,25)/t13-/m1/s1. The van der Waals surface area contributed by atoms with Gasteiger partial charge in [-0.3, -0.25) is 14.6 Å². The lowest BCUT2D eigenvalue weighted by molar-refractivity contribution is -0.130. The van der Waals surface area contributed by atoms with E-state index >= 15 is 0 Å². The highest BCUT2D eigenvalue weighted by Crippen LogP contribution is 2.40. The maximum absolute atomic E-state index is 12.6. The van der Waals surface area contributed by atoms with E-state index in [4.69, 9.17) is 4.74 Å². The van der Waals surface area contributed by atoms with E-state index in [1.165, 1.54) is 0 Å². The number of para-hydroxylation sites is 1. The maximum atomic E-state index is 12.6. The van der Waals surface area contributed by atoms with Crippen LogP contribution in [0, 0.1) is 0 Å². The predicted molar refractivity (Wildman–Crippen MR) is 105 cm³/mol. The van der Waals surface area contributed by atoms with Gasteiger partial charge in [0.15, 0.2) is 6.61 Å². The number of esters is 1. The van der Waals surface area contributed by atoms with Gasteiger partial charge in [0.1, 0.15) is 6.04 Å². The van der Waals surface area contributed by atoms with Crippen molar-refractivity contribution in [1.29, 1.82) is 0 Å². The second-order valence-corrected chi connectivity index (χ2v) is 7.04. The minimum absolute atomic E-state index is 0.268. The Morgan fingerprint density at radius 3 is 2.71 bits per heavy atom. The summed E-state index contributed by atoms with van der Waals surface area (Å²) in [7, 11) is 0. The van der Waals surface area contributed by atoms with Gasteiger partial charge in [0.05, 0.1) is 11.1 Å². The van der Waals surface area contributed by atoms with Crippen LogP contribution in [0.3, 0.4) is 0 Å². The number of pyridine rings is 1. The average Bonchev–Trinajstić information content (AvgIpc) is 3.54. The van der Waals surface area contributed by atoms with Crippen LogP contribution in [0.1, 0.15) is 55.1 Å². The number of rotatable bonds is 8. The summed E-state index contributed by atoms with van der Waals surface area (Å²) < 4.78 is 5.20. The van der Waals surface area contributed by atoms with Gasteiger partial charge in [0, 0.05) is 23.5 Å². The van der Waals surface area contributed by atoms with Crippen molar-refractivity contribution in [3.8, 4) is 0 Å². The van der Waals surface area contributed by atoms with E-state index in [2.05, 4.69) is 15.6 Å². The number of nitrogens with one attached hydrogen (secondary N) is 2. The van der Waals surface area contributed by atoms with Crippen LogP contribution in [0.4, 0.5) is 0 Å². The number of carbonyl (C=O) groups is 3. The van der Waals surface area contributed by atoms with E-state index in [0.29, 0.717) is 23.4 Å². The summed E-state index contributed by atoms with van der Waals surface area (Å²) in [4.78, 5) is 41.1. The van der Waals surface area contributed by atoms with Crippen LogP contribution in [0.2, 0.25) is 0 Å². The third kappa shape index (κ3) is 4.85. The number of aromatic nitrogens is 1. The van der Waals surface area contributed by atoms with Crippen molar-refractivity contribution in [3.63, 3.8) is 0 Å². The molecule has 0 radical (unpaired) electrons. The molecule has 1 saturated carbocycles. The molecular formula is C21H25N3O4. The Morgan fingerprint density at radius 1 is 1.25 bits per heavy atom. The minimum atomic E-state index is -0.694. The quantitative estimate of drug-likeness (QED) is 0.682. The lowest BCUT2D eigenvalue weighted by atomic mass is 10.1. The number of carbonyl (C=O) groups excluding carboxylic acids is 3. The van der Waals surface area contributed by atoms with Gasteiger partial charge in [-0.2, -0.15) is 0 Å². The second kappa shape index (κ2) is 8.82. The monoisotopic (exact) mass is 383 g/mol. The fourth-order valence-corrected chi connectivity index (χ4v) is 2.91. The van der Waals surface area contributed by atoms with Gasteiger partial charge in [-0.1, -0.05) is 25.1 Å². The van der Waals surface area contributed by atoms with Crippen molar-refractivity contribution in [2.75, 3.05) is 13.2 Å². The predicted octanol–water partition coefficient (Wildman–Crippen LogP) is 2.30. The molecule has 0 bridgehead atoms. The first-order chi connectivity index (χ1) is 13.5. The molecule has 1 aliphatic rings. The molecule has 1 aliphatic carbocycles. The fraction of sp³-hybridized carbons (Fsp3) is 0.429. The van der Waals surface area contributed by atoms with Crippen LogP contribution in [-0.4, -0.2) is 42.0 Å². The molecule has 148 valence electrons. The lowest BCUT2D eigenvalue weighted by Gasteiger charge is -2.14. The third-order valence-electron chi connectivity index (χ3n) is 4.61. The summed E-state index contributed by atoms with van der Waals surface area (Å²) in [6, 6.07) is 8.46. The first-order valence-corrected chi connectivity index (χ1v) is 9.63. The molecule has 1 heterocycles. The minimum Gasteiger partial charge on any atom is -0.452 e. The van der Waals surface area contributed by atoms with Crippen LogP contribution >= 0.6 is 0 Å². The summed E-state index contributed by atoms with van der Waals surface area (Å²) in [5.74, 6) is -0.968. The van der Waals surface area contributed by atoms with Crippen LogP contribution < -0.4 is 10.6 Å². The number of ether oxygens (including phenoxy) is 1. The summed E-state index contributed by atoms with van der Waals surface area (Å²) in [5, 5.41) is 5.93. The summed E-state index contributed by atoms with van der Waals surface area (Å²) in [6.45, 7) is 3.63. The molecule has 0 saturated heterocycles. The average molecular weight is 383 g/mol. The summed E-state index contributed by atoms with van der Waals surface area (Å²) >= 11 is 0. The van der Waals surface area contributed by atoms with E-state index in [-0.39, 0.29) is 5.91 Å². The molecule has 1 aromatic carbocycles. The zero-order valence-corrected chi connectivity index (χ0v) is 16.2. The molecule has 2 N–H and O–H groups in total. The van der Waals surface area contributed by atoms with E-state index in [0.717, 1.165) is 30.5 Å². The number of fused-ring (bicyclic) bond motifs is 1. The Kier molecular flexibility index (Phi) is 6.23. The van der Waals surface area contributed by atoms with Crippen LogP contribution in [-0.2, 0) is 14.3 Å². The Balaban J connectivity index is 1.63. The SMILES string of the molecule is CCCNC(=O)[C@@H](C)NC(=O)COC(=O)c1cc(C2CC2)nc2ccccc12. The van der Waals surface area contributed by atoms with Gasteiger partial charge in [-0.15, -0.1) is 0 Å². The smallest absolute Gasteiger partial charge is 0.339 e. The van der Waals surface area contributed by atoms with E-state index in [1.807, 2.05) is 31.2 Å². The number of hydrogen-bond acceptors (Lipinski definition) is 5. The molecule has 3 rings (SSSR count). The largest absolute Gasteiger partial charge is 0.452 e. The zero-order valence-electron chi connectivity index (χ0n) is 16.2. The molecular weight excluding hydrogens is 358 g/mol. The number of hydrogen-bond donors (Lipinski definition) is 2. The van der Waals surface area contributed by atoms with E-state index < -0.39 is 24.5 Å². The van der Waals surface area contributed by atoms with E-state index in [1.54, 1.807) is 13.0 Å². The van der Waals surface area contributed by atoms with Gasteiger partial charge in [0.2, 0.25) is 5.91 Å². The first kappa shape index (κ1) is 19.8. The van der Waals surface area contributed by atoms with Gasteiger partial charge < -0.3 is 15.4 Å². The molecule has 0 unspecified atom stereocenters. The van der Waals surface area contributed by atoms with Gasteiger partial charge >= 0.3 is 5.97 Å². The van der Waals surface area contributed by atoms with Crippen LogP contribution in [0.25, 0.3) is 10.9 Å². The van der Waals surface area contributed by atoms with Crippen molar-refractivity contribution < 1.29 is 19.1 Å². The van der Waals surface area contributed by atoms with Gasteiger partial charge in [-0.25, -0.2) is 4.79 Å². The normalized spacial score (nSPS) is 14.4. The van der Waals surface area contributed by atoms with E-state index in [9.17, 15) is 14.4 Å². The highest BCUT2D eigenvalue weighted by molar-refractivity contribution is 6.04. The van der Waals surface area contributed by atoms with Crippen LogP contribution in [0.15, 0.2) is 30.3 Å². The molecule has 1 fully saturated rings. The zero-order chi connectivity index (χ0) is 20.1. The first-order valence-electron chi connectivity index (χ1n) is 9.63. The Morgan fingerprint density at radius 2 is 2.00 bits per heavy atom. The molecule has 1 aromatic heterocycles. The summed E-state index contributed by atoms with van der Waals surface area (Å²) in [5.41, 5.74) is 2.04. The molecule has 0 spiro atoms. The number of benzene rings is 1. The van der Waals surface area contributed by atoms with Crippen LogP contribution in [0.5, 0.6) is 0 Å². The Hall–Kier alpha value is -2.96. The van der Waals surface area contributed by atoms with Crippen molar-refractivity contribution in [2.45, 2.75) is 45.1 Å². The fourth-order valence-electron chi connectivity index (χ4n) is 2.91. The molecule has 1 atom stereocenters.